The molecule has 2 aliphatic heterocycles. The topological polar surface area (TPSA) is 78.8 Å². The van der Waals surface area contributed by atoms with Crippen molar-refractivity contribution in [3.05, 3.63) is 29.8 Å². The van der Waals surface area contributed by atoms with Crippen molar-refractivity contribution in [3.8, 4) is 0 Å². The highest BCUT2D eigenvalue weighted by Crippen LogP contribution is 2.20. The van der Waals surface area contributed by atoms with Crippen LogP contribution in [0.15, 0.2) is 29.4 Å². The molecule has 0 saturated carbocycles. The van der Waals surface area contributed by atoms with Gasteiger partial charge in [-0.15, -0.1) is 0 Å². The number of hydrogen-bond acceptors (Lipinski definition) is 5. The number of amides is 1. The van der Waals surface area contributed by atoms with Crippen LogP contribution in [0.5, 0.6) is 0 Å². The minimum absolute atomic E-state index is 0.0403. The van der Waals surface area contributed by atoms with Gasteiger partial charge in [0.05, 0.1) is 17.2 Å². The first kappa shape index (κ1) is 15.0. The van der Waals surface area contributed by atoms with E-state index in [2.05, 4.69) is 10.4 Å². The Hall–Kier alpha value is -1.89. The highest BCUT2D eigenvalue weighted by Gasteiger charge is 2.29. The Bertz CT molecular complexity index is 710. The van der Waals surface area contributed by atoms with Gasteiger partial charge in [0.1, 0.15) is 0 Å². The van der Waals surface area contributed by atoms with E-state index in [1.165, 1.54) is 0 Å². The molecule has 2 aliphatic rings. The van der Waals surface area contributed by atoms with Crippen molar-refractivity contribution in [2.45, 2.75) is 25.8 Å². The second-order valence-electron chi connectivity index (χ2n) is 5.83. The Labute approximate surface area is 130 Å². The van der Waals surface area contributed by atoms with Gasteiger partial charge in [-0.3, -0.25) is 9.80 Å². The number of benzene rings is 1. The quantitative estimate of drug-likeness (QED) is 0.907. The molecule has 1 fully saturated rings. The van der Waals surface area contributed by atoms with Crippen molar-refractivity contribution in [3.63, 3.8) is 0 Å². The van der Waals surface area contributed by atoms with Crippen LogP contribution in [0.1, 0.15) is 30.1 Å². The molecule has 0 aliphatic carbocycles. The maximum absolute atomic E-state index is 12.1. The number of sulfone groups is 1. The lowest BCUT2D eigenvalue weighted by Crippen LogP contribution is -2.35. The predicted octanol–water partition coefficient (Wildman–Crippen LogP) is 1.19. The van der Waals surface area contributed by atoms with E-state index < -0.39 is 9.84 Å². The summed E-state index contributed by atoms with van der Waals surface area (Å²) in [6.07, 6.45) is 1.45. The third-order valence-corrected chi connectivity index (χ3v) is 5.74. The molecule has 1 unspecified atom stereocenters. The Balaban J connectivity index is 1.64. The minimum Gasteiger partial charge on any atom is -0.348 e. The first-order valence-corrected chi connectivity index (χ1v) is 9.18. The summed E-state index contributed by atoms with van der Waals surface area (Å²) in [7, 11) is -2.98. The number of rotatable bonds is 3. The van der Waals surface area contributed by atoms with E-state index in [1.54, 1.807) is 12.1 Å². The van der Waals surface area contributed by atoms with Crippen molar-refractivity contribution in [1.82, 2.24) is 5.32 Å². The molecule has 22 heavy (non-hydrogen) atoms. The molecule has 6 nitrogen and oxygen atoms in total. The summed E-state index contributed by atoms with van der Waals surface area (Å²) >= 11 is 0. The molecule has 118 valence electrons. The standard InChI is InChI=1S/C15H19N3O3S/c1-11-6-8-18(17-11)14-4-2-12(3-5-14)15(19)16-13-7-9-22(20,21)10-13/h2-5,13H,6-10H2,1H3,(H,16,19). The van der Waals surface area contributed by atoms with Gasteiger partial charge >= 0.3 is 0 Å². The molecule has 1 aromatic carbocycles. The zero-order valence-corrected chi connectivity index (χ0v) is 13.3. The number of nitrogens with one attached hydrogen (secondary N) is 1. The van der Waals surface area contributed by atoms with E-state index in [0.29, 0.717) is 12.0 Å². The molecular weight excluding hydrogens is 302 g/mol. The first-order valence-electron chi connectivity index (χ1n) is 7.36. The lowest BCUT2D eigenvalue weighted by Gasteiger charge is -2.15. The van der Waals surface area contributed by atoms with Gasteiger partial charge in [0.15, 0.2) is 9.84 Å². The predicted molar refractivity (Wildman–Crippen MR) is 86.0 cm³/mol. The lowest BCUT2D eigenvalue weighted by atomic mass is 10.1. The fourth-order valence-corrected chi connectivity index (χ4v) is 4.40. The minimum atomic E-state index is -2.98. The molecule has 0 aromatic heterocycles. The molecule has 1 N–H and O–H groups in total. The van der Waals surface area contributed by atoms with Gasteiger partial charge in [0, 0.05) is 30.3 Å². The lowest BCUT2D eigenvalue weighted by molar-refractivity contribution is 0.0941. The van der Waals surface area contributed by atoms with Crippen LogP contribution in [0.25, 0.3) is 0 Å². The van der Waals surface area contributed by atoms with Crippen LogP contribution in [0.2, 0.25) is 0 Å². The first-order chi connectivity index (χ1) is 10.4. The van der Waals surface area contributed by atoms with E-state index >= 15 is 0 Å². The zero-order chi connectivity index (χ0) is 15.7. The maximum atomic E-state index is 12.1. The Morgan fingerprint density at radius 3 is 2.59 bits per heavy atom. The molecular formula is C15H19N3O3S. The molecule has 0 spiro atoms. The molecule has 1 saturated heterocycles. The Morgan fingerprint density at radius 2 is 2.05 bits per heavy atom. The molecule has 1 atom stereocenters. The average molecular weight is 321 g/mol. The van der Waals surface area contributed by atoms with E-state index in [4.69, 9.17) is 0 Å². The monoisotopic (exact) mass is 321 g/mol. The fourth-order valence-electron chi connectivity index (χ4n) is 2.72. The van der Waals surface area contributed by atoms with E-state index in [1.807, 2.05) is 24.1 Å². The molecule has 2 heterocycles. The van der Waals surface area contributed by atoms with Crippen molar-refractivity contribution < 1.29 is 13.2 Å². The number of hydrazone groups is 1. The average Bonchev–Trinajstić information content (AvgIpc) is 3.05. The Kier molecular flexibility index (Phi) is 3.90. The third-order valence-electron chi connectivity index (χ3n) is 3.97. The summed E-state index contributed by atoms with van der Waals surface area (Å²) in [5, 5.41) is 9.12. The smallest absolute Gasteiger partial charge is 0.251 e. The van der Waals surface area contributed by atoms with Gasteiger partial charge in [-0.25, -0.2) is 8.42 Å². The van der Waals surface area contributed by atoms with E-state index in [9.17, 15) is 13.2 Å². The Morgan fingerprint density at radius 1 is 1.32 bits per heavy atom. The number of carbonyl (C=O) groups is 1. The normalized spacial score (nSPS) is 23.4. The van der Waals surface area contributed by atoms with E-state index in [-0.39, 0.29) is 23.5 Å². The van der Waals surface area contributed by atoms with Crippen LogP contribution in [-0.2, 0) is 9.84 Å². The molecule has 1 aromatic rings. The molecule has 1 amide bonds. The summed E-state index contributed by atoms with van der Waals surface area (Å²) in [5.74, 6) is -0.0309. The highest BCUT2D eigenvalue weighted by atomic mass is 32.2. The van der Waals surface area contributed by atoms with Gasteiger partial charge in [-0.2, -0.15) is 5.10 Å². The summed E-state index contributed by atoms with van der Waals surface area (Å²) < 4.78 is 22.8. The van der Waals surface area contributed by atoms with E-state index in [0.717, 1.165) is 24.4 Å². The number of nitrogens with zero attached hydrogens (tertiary/aromatic N) is 2. The maximum Gasteiger partial charge on any atom is 0.251 e. The second kappa shape index (κ2) is 5.72. The van der Waals surface area contributed by atoms with Crippen LogP contribution in [-0.4, -0.2) is 44.1 Å². The van der Waals surface area contributed by atoms with Gasteiger partial charge in [-0.05, 0) is 37.6 Å². The summed E-state index contributed by atoms with van der Waals surface area (Å²) in [4.78, 5) is 12.1. The molecule has 0 radical (unpaired) electrons. The molecule has 7 heteroatoms. The summed E-state index contributed by atoms with van der Waals surface area (Å²) in [6, 6.07) is 6.95. The molecule has 3 rings (SSSR count). The number of hydrogen-bond donors (Lipinski definition) is 1. The van der Waals surface area contributed by atoms with Gasteiger partial charge < -0.3 is 5.32 Å². The van der Waals surface area contributed by atoms with Crippen molar-refractivity contribution >= 4 is 27.1 Å². The molecule has 0 bridgehead atoms. The van der Waals surface area contributed by atoms with Crippen molar-refractivity contribution in [1.29, 1.82) is 0 Å². The van der Waals surface area contributed by atoms with Gasteiger partial charge in [-0.1, -0.05) is 0 Å². The number of anilines is 1. The van der Waals surface area contributed by atoms with Crippen molar-refractivity contribution in [2.75, 3.05) is 23.1 Å². The largest absolute Gasteiger partial charge is 0.348 e. The van der Waals surface area contributed by atoms with Crippen LogP contribution < -0.4 is 10.3 Å². The van der Waals surface area contributed by atoms with Gasteiger partial charge in [0.25, 0.3) is 5.91 Å². The third kappa shape index (κ3) is 3.30. The highest BCUT2D eigenvalue weighted by molar-refractivity contribution is 7.91. The van der Waals surface area contributed by atoms with Crippen LogP contribution in [0.4, 0.5) is 5.69 Å². The fraction of sp³-hybridized carbons (Fsp3) is 0.467. The SMILES string of the molecule is CC1=NN(c2ccc(C(=O)NC3CCS(=O)(=O)C3)cc2)CC1. The number of carbonyl (C=O) groups excluding carboxylic acids is 1. The van der Waals surface area contributed by atoms with Crippen molar-refractivity contribution in [2.24, 2.45) is 5.10 Å². The zero-order valence-electron chi connectivity index (χ0n) is 12.4. The van der Waals surface area contributed by atoms with Crippen LogP contribution >= 0.6 is 0 Å². The van der Waals surface area contributed by atoms with Crippen LogP contribution in [0, 0.1) is 0 Å². The van der Waals surface area contributed by atoms with Crippen LogP contribution in [0.3, 0.4) is 0 Å². The second-order valence-corrected chi connectivity index (χ2v) is 8.06. The van der Waals surface area contributed by atoms with Gasteiger partial charge in [0.2, 0.25) is 0 Å². The summed E-state index contributed by atoms with van der Waals surface area (Å²) in [6.45, 7) is 2.86. The summed E-state index contributed by atoms with van der Waals surface area (Å²) in [5.41, 5.74) is 2.59.